The van der Waals surface area contributed by atoms with E-state index in [9.17, 15) is 18.0 Å². The SMILES string of the molecule is CN(Cc1ccccc1)c1ccc(C(=O)Nc2ccc(C(F)(F)F)cc2)cn1. The summed E-state index contributed by atoms with van der Waals surface area (Å²) in [6.45, 7) is 0.672. The average Bonchev–Trinajstić information content (AvgIpc) is 2.68. The van der Waals surface area contributed by atoms with Crippen LogP contribution in [0.2, 0.25) is 0 Å². The van der Waals surface area contributed by atoms with Crippen LogP contribution in [0.3, 0.4) is 0 Å². The third-order valence-corrected chi connectivity index (χ3v) is 4.13. The molecule has 0 fully saturated rings. The maximum Gasteiger partial charge on any atom is 0.416 e. The first-order valence-corrected chi connectivity index (χ1v) is 8.52. The number of aromatic nitrogens is 1. The number of hydrogen-bond donors (Lipinski definition) is 1. The van der Waals surface area contributed by atoms with Gasteiger partial charge in [-0.1, -0.05) is 30.3 Å². The van der Waals surface area contributed by atoms with Crippen molar-refractivity contribution in [2.75, 3.05) is 17.3 Å². The van der Waals surface area contributed by atoms with Crippen molar-refractivity contribution >= 4 is 17.4 Å². The largest absolute Gasteiger partial charge is 0.416 e. The summed E-state index contributed by atoms with van der Waals surface area (Å²) in [6, 6.07) is 17.6. The van der Waals surface area contributed by atoms with E-state index in [1.54, 1.807) is 12.1 Å². The van der Waals surface area contributed by atoms with Crippen LogP contribution in [0.4, 0.5) is 24.7 Å². The second-order valence-electron chi connectivity index (χ2n) is 6.28. The molecule has 0 unspecified atom stereocenters. The lowest BCUT2D eigenvalue weighted by atomic mass is 10.2. The van der Waals surface area contributed by atoms with Gasteiger partial charge in [-0.15, -0.1) is 0 Å². The highest BCUT2D eigenvalue weighted by Gasteiger charge is 2.30. The number of alkyl halides is 3. The Morgan fingerprint density at radius 1 is 1.00 bits per heavy atom. The van der Waals surface area contributed by atoms with Gasteiger partial charge in [0, 0.05) is 25.5 Å². The summed E-state index contributed by atoms with van der Waals surface area (Å²) in [5, 5.41) is 2.57. The summed E-state index contributed by atoms with van der Waals surface area (Å²) < 4.78 is 37.8. The van der Waals surface area contributed by atoms with Gasteiger partial charge in [-0.2, -0.15) is 13.2 Å². The van der Waals surface area contributed by atoms with Gasteiger partial charge in [-0.3, -0.25) is 4.79 Å². The standard InChI is InChI=1S/C21H18F3N3O/c1-27(14-15-5-3-2-4-6-15)19-12-7-16(13-25-19)20(28)26-18-10-8-17(9-11-18)21(22,23)24/h2-13H,14H2,1H3,(H,26,28). The maximum absolute atomic E-state index is 12.6. The number of hydrogen-bond acceptors (Lipinski definition) is 3. The van der Waals surface area contributed by atoms with Gasteiger partial charge in [0.1, 0.15) is 5.82 Å². The van der Waals surface area contributed by atoms with E-state index in [0.29, 0.717) is 17.9 Å². The Morgan fingerprint density at radius 2 is 1.68 bits per heavy atom. The number of anilines is 2. The Hall–Kier alpha value is -3.35. The molecule has 3 aromatic rings. The predicted molar refractivity (Wildman–Crippen MR) is 102 cm³/mol. The van der Waals surface area contributed by atoms with Crippen molar-refractivity contribution in [1.29, 1.82) is 0 Å². The van der Waals surface area contributed by atoms with Gasteiger partial charge in [0.15, 0.2) is 0 Å². The number of pyridine rings is 1. The summed E-state index contributed by atoms with van der Waals surface area (Å²) in [5.41, 5.74) is 0.967. The lowest BCUT2D eigenvalue weighted by Gasteiger charge is -2.18. The summed E-state index contributed by atoms with van der Waals surface area (Å²) >= 11 is 0. The molecule has 0 bridgehead atoms. The monoisotopic (exact) mass is 385 g/mol. The molecule has 7 heteroatoms. The van der Waals surface area contributed by atoms with Gasteiger partial charge in [0.2, 0.25) is 0 Å². The topological polar surface area (TPSA) is 45.2 Å². The van der Waals surface area contributed by atoms with E-state index in [1.165, 1.54) is 18.3 Å². The second kappa shape index (κ2) is 8.12. The molecule has 0 aliphatic heterocycles. The van der Waals surface area contributed by atoms with Crippen molar-refractivity contribution < 1.29 is 18.0 Å². The summed E-state index contributed by atoms with van der Waals surface area (Å²) in [6.07, 6.45) is -2.97. The van der Waals surface area contributed by atoms with Crippen LogP contribution in [0.25, 0.3) is 0 Å². The number of amides is 1. The fourth-order valence-electron chi connectivity index (χ4n) is 2.63. The molecule has 0 aliphatic rings. The maximum atomic E-state index is 12.6. The number of nitrogens with one attached hydrogen (secondary N) is 1. The highest BCUT2D eigenvalue weighted by molar-refractivity contribution is 6.04. The van der Waals surface area contributed by atoms with Crippen LogP contribution in [0.1, 0.15) is 21.5 Å². The van der Waals surface area contributed by atoms with Crippen molar-refractivity contribution in [2.45, 2.75) is 12.7 Å². The number of carbonyl (C=O) groups excluding carboxylic acids is 1. The van der Waals surface area contributed by atoms with Gasteiger partial charge in [-0.05, 0) is 42.0 Å². The van der Waals surface area contributed by atoms with E-state index >= 15 is 0 Å². The summed E-state index contributed by atoms with van der Waals surface area (Å²) in [7, 11) is 1.90. The van der Waals surface area contributed by atoms with Crippen molar-refractivity contribution in [3.63, 3.8) is 0 Å². The molecular weight excluding hydrogens is 367 g/mol. The summed E-state index contributed by atoms with van der Waals surface area (Å²) in [5.74, 6) is 0.263. The lowest BCUT2D eigenvalue weighted by Crippen LogP contribution is -2.18. The molecule has 1 aromatic heterocycles. The zero-order chi connectivity index (χ0) is 20.1. The minimum atomic E-state index is -4.41. The Kier molecular flexibility index (Phi) is 5.63. The zero-order valence-electron chi connectivity index (χ0n) is 15.1. The molecule has 0 radical (unpaired) electrons. The second-order valence-corrected chi connectivity index (χ2v) is 6.28. The van der Waals surface area contributed by atoms with Crippen LogP contribution in [-0.4, -0.2) is 17.9 Å². The highest BCUT2D eigenvalue weighted by atomic mass is 19.4. The molecule has 0 saturated carbocycles. The predicted octanol–water partition coefficient (Wildman–Crippen LogP) is 4.99. The van der Waals surface area contributed by atoms with Gasteiger partial charge in [-0.25, -0.2) is 4.98 Å². The van der Waals surface area contributed by atoms with Crippen LogP contribution in [-0.2, 0) is 12.7 Å². The molecule has 3 rings (SSSR count). The van der Waals surface area contributed by atoms with Crippen LogP contribution < -0.4 is 10.2 Å². The van der Waals surface area contributed by atoms with Crippen LogP contribution in [0, 0.1) is 0 Å². The van der Waals surface area contributed by atoms with Crippen molar-refractivity contribution in [1.82, 2.24) is 4.98 Å². The summed E-state index contributed by atoms with van der Waals surface area (Å²) in [4.78, 5) is 18.5. The first-order valence-electron chi connectivity index (χ1n) is 8.52. The zero-order valence-corrected chi connectivity index (χ0v) is 15.1. The van der Waals surface area contributed by atoms with Crippen LogP contribution in [0.5, 0.6) is 0 Å². The number of halogens is 3. The van der Waals surface area contributed by atoms with Crippen molar-refractivity contribution in [3.8, 4) is 0 Å². The number of benzene rings is 2. The Labute approximate surface area is 160 Å². The fourth-order valence-corrected chi connectivity index (χ4v) is 2.63. The molecule has 1 N–H and O–H groups in total. The average molecular weight is 385 g/mol. The Balaban J connectivity index is 1.63. The normalized spacial score (nSPS) is 11.1. The number of nitrogens with zero attached hydrogens (tertiary/aromatic N) is 2. The van der Waals surface area contributed by atoms with E-state index in [2.05, 4.69) is 10.3 Å². The lowest BCUT2D eigenvalue weighted by molar-refractivity contribution is -0.137. The molecular formula is C21H18F3N3O. The Bertz CT molecular complexity index is 924. The fraction of sp³-hybridized carbons (Fsp3) is 0.143. The molecule has 1 heterocycles. The quantitative estimate of drug-likeness (QED) is 0.673. The van der Waals surface area contributed by atoms with E-state index in [-0.39, 0.29) is 5.69 Å². The molecule has 0 aliphatic carbocycles. The molecule has 4 nitrogen and oxygen atoms in total. The molecule has 2 aromatic carbocycles. The molecule has 1 amide bonds. The van der Waals surface area contributed by atoms with Gasteiger partial charge in [0.05, 0.1) is 11.1 Å². The first kappa shape index (κ1) is 19.4. The highest BCUT2D eigenvalue weighted by Crippen LogP contribution is 2.29. The van der Waals surface area contributed by atoms with E-state index in [0.717, 1.165) is 17.7 Å². The van der Waals surface area contributed by atoms with Crippen LogP contribution >= 0.6 is 0 Å². The van der Waals surface area contributed by atoms with E-state index < -0.39 is 17.6 Å². The van der Waals surface area contributed by atoms with Crippen molar-refractivity contribution in [3.05, 3.63) is 89.6 Å². The number of rotatable bonds is 5. The molecule has 0 atom stereocenters. The Morgan fingerprint density at radius 3 is 2.25 bits per heavy atom. The number of carbonyl (C=O) groups is 1. The minimum absolute atomic E-state index is 0.281. The molecule has 0 spiro atoms. The smallest absolute Gasteiger partial charge is 0.355 e. The molecule has 144 valence electrons. The third kappa shape index (κ3) is 4.88. The minimum Gasteiger partial charge on any atom is -0.355 e. The van der Waals surface area contributed by atoms with E-state index in [4.69, 9.17) is 0 Å². The first-order chi connectivity index (χ1) is 13.3. The van der Waals surface area contributed by atoms with Gasteiger partial charge < -0.3 is 10.2 Å². The van der Waals surface area contributed by atoms with Crippen molar-refractivity contribution in [2.24, 2.45) is 0 Å². The van der Waals surface area contributed by atoms with E-state index in [1.807, 2.05) is 42.3 Å². The van der Waals surface area contributed by atoms with Crippen LogP contribution in [0.15, 0.2) is 72.9 Å². The van der Waals surface area contributed by atoms with Gasteiger partial charge in [0.25, 0.3) is 5.91 Å². The molecule has 0 saturated heterocycles. The third-order valence-electron chi connectivity index (χ3n) is 4.13. The molecule has 28 heavy (non-hydrogen) atoms. The van der Waals surface area contributed by atoms with Gasteiger partial charge >= 0.3 is 6.18 Å².